The molecule has 0 spiro atoms. The van der Waals surface area contributed by atoms with E-state index >= 15 is 0 Å². The Kier molecular flexibility index (Phi) is 10.2. The van der Waals surface area contributed by atoms with Gasteiger partial charge in [-0.25, -0.2) is 4.79 Å². The van der Waals surface area contributed by atoms with Gasteiger partial charge in [-0.3, -0.25) is 19.1 Å². The SMILES string of the molecule is COc1ccc(C(OC[C@H]2O[C@@H](n3cc(C)c(=O)[nH]c3=O)C[C@@H]2OC(=O)CCC(=O)[O-])(c2ccccc2)c2ccc(OC)cc2)cc1. The second kappa shape index (κ2) is 14.5. The van der Waals surface area contributed by atoms with E-state index in [9.17, 15) is 24.3 Å². The number of benzene rings is 3. The van der Waals surface area contributed by atoms with Crippen LogP contribution in [0.1, 0.15) is 47.7 Å². The van der Waals surface area contributed by atoms with Gasteiger partial charge in [0.1, 0.15) is 35.5 Å². The number of aromatic amines is 1. The van der Waals surface area contributed by atoms with Gasteiger partial charge in [0.25, 0.3) is 5.56 Å². The largest absolute Gasteiger partial charge is 0.550 e. The maximum absolute atomic E-state index is 12.8. The third-order valence-corrected chi connectivity index (χ3v) is 8.09. The van der Waals surface area contributed by atoms with Crippen LogP contribution in [0, 0.1) is 6.92 Å². The van der Waals surface area contributed by atoms with E-state index in [0.29, 0.717) is 11.5 Å². The first-order chi connectivity index (χ1) is 22.6. The van der Waals surface area contributed by atoms with Crippen LogP contribution in [0.25, 0.3) is 0 Å². The van der Waals surface area contributed by atoms with Gasteiger partial charge in [0.05, 0.1) is 27.2 Å². The van der Waals surface area contributed by atoms with E-state index in [1.165, 1.54) is 10.8 Å². The molecular weight excluding hydrogens is 608 g/mol. The Morgan fingerprint density at radius 3 is 2.02 bits per heavy atom. The van der Waals surface area contributed by atoms with Crippen molar-refractivity contribution in [1.82, 2.24) is 9.55 Å². The number of ether oxygens (including phenoxy) is 5. The standard InChI is InChI=1S/C35H36N2O10/c1-22-20-37(34(42)36-33(22)41)30-19-28(47-32(40)18-17-31(38)39)29(46-30)21-45-35(23-7-5-4-6-8-23,24-9-13-26(43-2)14-10-24)25-11-15-27(44-3)16-12-25/h4-16,20,28-30H,17-19,21H2,1-3H3,(H,38,39)(H,36,41,42)/p-1/t28-,29+,30+/m0/s1. The van der Waals surface area contributed by atoms with Crippen molar-refractivity contribution < 1.29 is 38.4 Å². The van der Waals surface area contributed by atoms with Crippen molar-refractivity contribution in [2.45, 2.75) is 50.2 Å². The monoisotopic (exact) mass is 643 g/mol. The van der Waals surface area contributed by atoms with E-state index in [1.54, 1.807) is 21.1 Å². The van der Waals surface area contributed by atoms with Gasteiger partial charge in [-0.15, -0.1) is 0 Å². The molecule has 12 nitrogen and oxygen atoms in total. The summed E-state index contributed by atoms with van der Waals surface area (Å²) >= 11 is 0. The van der Waals surface area contributed by atoms with Gasteiger partial charge >= 0.3 is 11.7 Å². The molecule has 0 bridgehead atoms. The average molecular weight is 644 g/mol. The summed E-state index contributed by atoms with van der Waals surface area (Å²) in [5.74, 6) is -0.850. The number of aliphatic carboxylic acids is 1. The highest BCUT2D eigenvalue weighted by atomic mass is 16.6. The van der Waals surface area contributed by atoms with Crippen molar-refractivity contribution in [2.24, 2.45) is 0 Å². The first kappa shape index (κ1) is 33.2. The topological polar surface area (TPSA) is 158 Å². The normalized spacial score (nSPS) is 17.6. The smallest absolute Gasteiger partial charge is 0.330 e. The number of nitrogens with zero attached hydrogens (tertiary/aromatic N) is 1. The number of H-pyrrole nitrogens is 1. The fourth-order valence-corrected chi connectivity index (χ4v) is 5.66. The van der Waals surface area contributed by atoms with Crippen molar-refractivity contribution in [3.8, 4) is 11.5 Å². The van der Waals surface area contributed by atoms with Crippen LogP contribution in [0.4, 0.5) is 0 Å². The molecule has 0 aliphatic carbocycles. The van der Waals surface area contributed by atoms with Gasteiger partial charge in [0, 0.05) is 24.2 Å². The van der Waals surface area contributed by atoms with Crippen LogP contribution in [0.15, 0.2) is 94.6 Å². The van der Waals surface area contributed by atoms with Gasteiger partial charge in [-0.05, 0) is 54.3 Å². The first-order valence-corrected chi connectivity index (χ1v) is 15.0. The molecule has 1 aliphatic heterocycles. The van der Waals surface area contributed by atoms with Crippen molar-refractivity contribution in [1.29, 1.82) is 0 Å². The number of carboxylic acids is 1. The predicted octanol–water partition coefficient (Wildman–Crippen LogP) is 2.60. The van der Waals surface area contributed by atoms with E-state index < -0.39 is 60.1 Å². The second-order valence-electron chi connectivity index (χ2n) is 11.1. The van der Waals surface area contributed by atoms with Crippen molar-refractivity contribution in [3.05, 3.63) is 128 Å². The Labute approximate surface area is 270 Å². The lowest BCUT2D eigenvalue weighted by Crippen LogP contribution is -2.39. The zero-order valence-electron chi connectivity index (χ0n) is 26.2. The number of carbonyl (C=O) groups is 2. The average Bonchev–Trinajstić information content (AvgIpc) is 3.48. The van der Waals surface area contributed by atoms with Crippen LogP contribution in [0.5, 0.6) is 11.5 Å². The Bertz CT molecular complexity index is 1750. The van der Waals surface area contributed by atoms with Crippen LogP contribution < -0.4 is 25.8 Å². The predicted molar refractivity (Wildman–Crippen MR) is 167 cm³/mol. The molecule has 47 heavy (non-hydrogen) atoms. The molecule has 5 rings (SSSR count). The van der Waals surface area contributed by atoms with Gasteiger partial charge in [0.2, 0.25) is 0 Å². The summed E-state index contributed by atoms with van der Waals surface area (Å²) in [5, 5.41) is 11.0. The molecule has 1 saturated heterocycles. The molecule has 2 heterocycles. The second-order valence-corrected chi connectivity index (χ2v) is 11.1. The third-order valence-electron chi connectivity index (χ3n) is 8.09. The number of rotatable bonds is 13. The summed E-state index contributed by atoms with van der Waals surface area (Å²) in [6.07, 6.45) is -2.23. The lowest BCUT2D eigenvalue weighted by molar-refractivity contribution is -0.305. The van der Waals surface area contributed by atoms with E-state index in [4.69, 9.17) is 23.7 Å². The minimum absolute atomic E-state index is 0.0416. The molecule has 0 saturated carbocycles. The number of nitrogens with one attached hydrogen (secondary N) is 1. The summed E-state index contributed by atoms with van der Waals surface area (Å²) in [4.78, 5) is 50.8. The van der Waals surface area contributed by atoms with Crippen LogP contribution in [0.2, 0.25) is 0 Å². The molecule has 0 radical (unpaired) electrons. The molecule has 4 aromatic rings. The molecule has 0 amide bonds. The number of carboxylic acid groups (broad SMARTS) is 1. The molecule has 1 aromatic heterocycles. The molecule has 1 aliphatic rings. The number of aryl methyl sites for hydroxylation is 1. The minimum Gasteiger partial charge on any atom is -0.550 e. The lowest BCUT2D eigenvalue weighted by Gasteiger charge is -2.37. The number of carbonyl (C=O) groups excluding carboxylic acids is 2. The summed E-state index contributed by atoms with van der Waals surface area (Å²) in [6, 6.07) is 24.5. The highest BCUT2D eigenvalue weighted by Gasteiger charge is 2.44. The molecule has 1 fully saturated rings. The fraction of sp³-hybridized carbons (Fsp3) is 0.314. The van der Waals surface area contributed by atoms with E-state index in [-0.39, 0.29) is 18.6 Å². The van der Waals surface area contributed by atoms with Crippen molar-refractivity contribution in [3.63, 3.8) is 0 Å². The zero-order chi connectivity index (χ0) is 33.6. The molecule has 1 N–H and O–H groups in total. The van der Waals surface area contributed by atoms with Crippen LogP contribution in [-0.4, -0.2) is 54.5 Å². The van der Waals surface area contributed by atoms with Crippen LogP contribution in [0.3, 0.4) is 0 Å². The molecular formula is C35H35N2O10-. The number of hydrogen-bond donors (Lipinski definition) is 1. The summed E-state index contributed by atoms with van der Waals surface area (Å²) in [7, 11) is 3.16. The van der Waals surface area contributed by atoms with Crippen LogP contribution >= 0.6 is 0 Å². The fourth-order valence-electron chi connectivity index (χ4n) is 5.66. The van der Waals surface area contributed by atoms with Gasteiger partial charge in [-0.1, -0.05) is 54.6 Å². The van der Waals surface area contributed by atoms with Gasteiger partial charge in [0.15, 0.2) is 0 Å². The van der Waals surface area contributed by atoms with E-state index in [0.717, 1.165) is 16.7 Å². The van der Waals surface area contributed by atoms with Gasteiger partial charge in [-0.2, -0.15) is 0 Å². The van der Waals surface area contributed by atoms with Crippen LogP contribution in [-0.2, 0) is 29.4 Å². The lowest BCUT2D eigenvalue weighted by atomic mass is 9.80. The number of methoxy groups -OCH3 is 2. The Morgan fingerprint density at radius 1 is 0.894 bits per heavy atom. The van der Waals surface area contributed by atoms with E-state index in [1.807, 2.05) is 78.9 Å². The number of hydrogen-bond acceptors (Lipinski definition) is 10. The van der Waals surface area contributed by atoms with E-state index in [2.05, 4.69) is 4.98 Å². The Morgan fingerprint density at radius 2 is 1.47 bits per heavy atom. The quantitative estimate of drug-likeness (QED) is 0.170. The van der Waals surface area contributed by atoms with Crippen molar-refractivity contribution in [2.75, 3.05) is 20.8 Å². The van der Waals surface area contributed by atoms with Gasteiger partial charge < -0.3 is 33.6 Å². The Balaban J connectivity index is 1.56. The molecule has 12 heteroatoms. The zero-order valence-corrected chi connectivity index (χ0v) is 26.2. The molecule has 3 aromatic carbocycles. The molecule has 0 unspecified atom stereocenters. The minimum atomic E-state index is -1.38. The molecule has 3 atom stereocenters. The number of aromatic nitrogens is 2. The summed E-state index contributed by atoms with van der Waals surface area (Å²) in [5.41, 5.74) is 0.178. The third kappa shape index (κ3) is 7.29. The Hall–Kier alpha value is -5.20. The summed E-state index contributed by atoms with van der Waals surface area (Å²) in [6.45, 7) is 1.43. The highest BCUT2D eigenvalue weighted by molar-refractivity contribution is 5.75. The molecule has 246 valence electrons. The maximum Gasteiger partial charge on any atom is 0.330 e. The van der Waals surface area contributed by atoms with Crippen molar-refractivity contribution >= 4 is 11.9 Å². The summed E-state index contributed by atoms with van der Waals surface area (Å²) < 4.78 is 31.0. The highest BCUT2D eigenvalue weighted by Crippen LogP contribution is 2.43. The first-order valence-electron chi connectivity index (χ1n) is 15.0. The number of esters is 1. The maximum atomic E-state index is 12.8.